The van der Waals surface area contributed by atoms with Gasteiger partial charge in [-0.15, -0.1) is 0 Å². The minimum atomic E-state index is 0.447. The lowest BCUT2D eigenvalue weighted by molar-refractivity contribution is 0.300. The molecule has 1 aliphatic carbocycles. The maximum absolute atomic E-state index is 5.65. The van der Waals surface area contributed by atoms with E-state index in [-0.39, 0.29) is 0 Å². The van der Waals surface area contributed by atoms with Crippen LogP contribution in [0.4, 0.5) is 0 Å². The van der Waals surface area contributed by atoms with Crippen LogP contribution in [0.1, 0.15) is 18.5 Å². The van der Waals surface area contributed by atoms with Crippen molar-refractivity contribution in [1.29, 1.82) is 0 Å². The van der Waals surface area contributed by atoms with Gasteiger partial charge in [0.2, 0.25) is 0 Å². The molecule has 0 radical (unpaired) electrons. The first-order valence-electron chi connectivity index (χ1n) is 4.04. The minimum absolute atomic E-state index is 0.447. The molecule has 0 aliphatic heterocycles. The van der Waals surface area contributed by atoms with Crippen molar-refractivity contribution in [2.75, 3.05) is 0 Å². The number of pyridine rings is 1. The molecule has 1 aromatic rings. The lowest BCUT2D eigenvalue weighted by Gasteiger charge is -2.06. The fourth-order valence-electron chi connectivity index (χ4n) is 0.974. The summed E-state index contributed by atoms with van der Waals surface area (Å²) in [6.07, 6.45) is 4.61. The zero-order chi connectivity index (χ0) is 8.55. The molecule has 1 fully saturated rings. The Kier molecular flexibility index (Phi) is 2.05. The molecule has 1 aromatic heterocycles. The maximum atomic E-state index is 5.65. The first-order valence-corrected chi connectivity index (χ1v) is 4.84. The molecule has 64 valence electrons. The zero-order valence-corrected chi connectivity index (χ0v) is 8.47. The molecule has 0 amide bonds. The van der Waals surface area contributed by atoms with Crippen molar-refractivity contribution in [3.63, 3.8) is 0 Å². The third-order valence-electron chi connectivity index (χ3n) is 1.77. The van der Waals surface area contributed by atoms with Crippen molar-refractivity contribution < 1.29 is 4.74 Å². The van der Waals surface area contributed by atoms with Crippen molar-refractivity contribution in [3.05, 3.63) is 22.4 Å². The van der Waals surface area contributed by atoms with E-state index in [1.54, 1.807) is 6.20 Å². The monoisotopic (exact) mass is 227 g/mol. The second-order valence-electron chi connectivity index (χ2n) is 3.07. The summed E-state index contributed by atoms with van der Waals surface area (Å²) < 4.78 is 6.59. The molecular formula is C9H10BrNO. The van der Waals surface area contributed by atoms with E-state index < -0.39 is 0 Å². The minimum Gasteiger partial charge on any atom is -0.489 e. The van der Waals surface area contributed by atoms with Gasteiger partial charge in [0, 0.05) is 18.0 Å². The largest absolute Gasteiger partial charge is 0.489 e. The summed E-state index contributed by atoms with van der Waals surface area (Å²) in [6, 6.07) is 1.96. The third kappa shape index (κ3) is 1.78. The van der Waals surface area contributed by atoms with Gasteiger partial charge in [-0.2, -0.15) is 0 Å². The molecule has 2 nitrogen and oxygen atoms in total. The molecule has 0 atom stereocenters. The van der Waals surface area contributed by atoms with Crippen LogP contribution in [-0.4, -0.2) is 11.1 Å². The summed E-state index contributed by atoms with van der Waals surface area (Å²) in [4.78, 5) is 4.14. The number of rotatable bonds is 2. The Bertz CT molecular complexity index is 297. The van der Waals surface area contributed by atoms with Crippen LogP contribution in [0, 0.1) is 6.92 Å². The predicted octanol–water partition coefficient (Wildman–Crippen LogP) is 2.69. The van der Waals surface area contributed by atoms with E-state index in [0.29, 0.717) is 6.10 Å². The highest BCUT2D eigenvalue weighted by Crippen LogP contribution is 2.31. The summed E-state index contributed by atoms with van der Waals surface area (Å²) in [7, 11) is 0. The number of hydrogen-bond donors (Lipinski definition) is 0. The summed E-state index contributed by atoms with van der Waals surface area (Å²) >= 11 is 3.40. The number of aryl methyl sites for hydroxylation is 1. The van der Waals surface area contributed by atoms with Gasteiger partial charge in [-0.1, -0.05) is 0 Å². The van der Waals surface area contributed by atoms with Crippen LogP contribution < -0.4 is 4.74 Å². The zero-order valence-electron chi connectivity index (χ0n) is 6.88. The van der Waals surface area contributed by atoms with Gasteiger partial charge in [-0.3, -0.25) is 4.98 Å². The van der Waals surface area contributed by atoms with Crippen LogP contribution in [0.3, 0.4) is 0 Å². The van der Waals surface area contributed by atoms with Crippen LogP contribution >= 0.6 is 15.9 Å². The Hall–Kier alpha value is -0.570. The summed E-state index contributed by atoms with van der Waals surface area (Å²) in [5.74, 6) is 0.921. The van der Waals surface area contributed by atoms with E-state index in [2.05, 4.69) is 20.9 Å². The SMILES string of the molecule is Cc1cc(OC2CC2)c(Br)cn1. The smallest absolute Gasteiger partial charge is 0.137 e. The molecule has 1 heterocycles. The van der Waals surface area contributed by atoms with Crippen LogP contribution in [-0.2, 0) is 0 Å². The highest BCUT2D eigenvalue weighted by Gasteiger charge is 2.24. The average molecular weight is 228 g/mol. The normalized spacial score (nSPS) is 16.2. The van der Waals surface area contributed by atoms with Crippen LogP contribution in [0.15, 0.2) is 16.7 Å². The highest BCUT2D eigenvalue weighted by molar-refractivity contribution is 9.10. The lowest BCUT2D eigenvalue weighted by Crippen LogP contribution is -1.97. The van der Waals surface area contributed by atoms with E-state index in [1.807, 2.05) is 13.0 Å². The number of ether oxygens (including phenoxy) is 1. The van der Waals surface area contributed by atoms with E-state index >= 15 is 0 Å². The number of hydrogen-bond acceptors (Lipinski definition) is 2. The first-order chi connectivity index (χ1) is 5.75. The third-order valence-corrected chi connectivity index (χ3v) is 2.37. The number of halogens is 1. The molecule has 0 saturated heterocycles. The molecule has 2 rings (SSSR count). The maximum Gasteiger partial charge on any atom is 0.137 e. The van der Waals surface area contributed by atoms with E-state index in [1.165, 1.54) is 12.8 Å². The molecule has 1 aliphatic rings. The van der Waals surface area contributed by atoms with Gasteiger partial charge in [0.25, 0.3) is 0 Å². The summed E-state index contributed by atoms with van der Waals surface area (Å²) in [5, 5.41) is 0. The van der Waals surface area contributed by atoms with Crippen molar-refractivity contribution in [3.8, 4) is 5.75 Å². The van der Waals surface area contributed by atoms with Gasteiger partial charge in [-0.05, 0) is 35.7 Å². The Labute approximate surface area is 80.1 Å². The fraction of sp³-hybridized carbons (Fsp3) is 0.444. The van der Waals surface area contributed by atoms with Gasteiger partial charge in [0.15, 0.2) is 0 Å². The van der Waals surface area contributed by atoms with Crippen molar-refractivity contribution in [2.45, 2.75) is 25.9 Å². The Morgan fingerprint density at radius 2 is 2.33 bits per heavy atom. The van der Waals surface area contributed by atoms with Crippen molar-refractivity contribution in [2.24, 2.45) is 0 Å². The molecule has 1 saturated carbocycles. The van der Waals surface area contributed by atoms with Crippen LogP contribution in [0.25, 0.3) is 0 Å². The molecule has 0 spiro atoms. The van der Waals surface area contributed by atoms with Gasteiger partial charge in [0.05, 0.1) is 10.6 Å². The van der Waals surface area contributed by atoms with Crippen molar-refractivity contribution in [1.82, 2.24) is 4.98 Å². The number of nitrogens with zero attached hydrogens (tertiary/aromatic N) is 1. The van der Waals surface area contributed by atoms with Gasteiger partial charge in [0.1, 0.15) is 5.75 Å². The molecular weight excluding hydrogens is 218 g/mol. The Morgan fingerprint density at radius 1 is 1.58 bits per heavy atom. The van der Waals surface area contributed by atoms with E-state index in [4.69, 9.17) is 4.74 Å². The highest BCUT2D eigenvalue weighted by atomic mass is 79.9. The molecule has 0 N–H and O–H groups in total. The van der Waals surface area contributed by atoms with E-state index in [9.17, 15) is 0 Å². The van der Waals surface area contributed by atoms with Crippen molar-refractivity contribution >= 4 is 15.9 Å². The van der Waals surface area contributed by atoms with Gasteiger partial charge < -0.3 is 4.74 Å². The quantitative estimate of drug-likeness (QED) is 0.776. The van der Waals surface area contributed by atoms with Crippen LogP contribution in [0.5, 0.6) is 5.75 Å². The van der Waals surface area contributed by atoms with Gasteiger partial charge in [-0.25, -0.2) is 0 Å². The second-order valence-corrected chi connectivity index (χ2v) is 3.93. The topological polar surface area (TPSA) is 22.1 Å². The molecule has 0 unspecified atom stereocenters. The Morgan fingerprint density at radius 3 is 3.00 bits per heavy atom. The standard InChI is InChI=1S/C9H10BrNO/c1-6-4-9(8(10)5-11-6)12-7-2-3-7/h4-5,7H,2-3H2,1H3. The summed E-state index contributed by atoms with van der Waals surface area (Å²) in [6.45, 7) is 1.96. The van der Waals surface area contributed by atoms with Gasteiger partial charge >= 0.3 is 0 Å². The lowest BCUT2D eigenvalue weighted by atomic mass is 10.3. The number of aromatic nitrogens is 1. The Balaban J connectivity index is 2.21. The fourth-order valence-corrected chi connectivity index (χ4v) is 1.28. The van der Waals surface area contributed by atoms with E-state index in [0.717, 1.165) is 15.9 Å². The second kappa shape index (κ2) is 3.05. The molecule has 12 heavy (non-hydrogen) atoms. The van der Waals surface area contributed by atoms with Crippen LogP contribution in [0.2, 0.25) is 0 Å². The summed E-state index contributed by atoms with van der Waals surface area (Å²) in [5.41, 5.74) is 0.994. The molecule has 3 heteroatoms. The molecule has 0 bridgehead atoms. The average Bonchev–Trinajstić information content (AvgIpc) is 2.81. The molecule has 0 aromatic carbocycles. The predicted molar refractivity (Wildman–Crippen MR) is 50.3 cm³/mol. The first kappa shape index (κ1) is 8.05.